The molecule has 0 saturated carbocycles. The van der Waals surface area contributed by atoms with E-state index < -0.39 is 6.10 Å². The molecule has 1 unspecified atom stereocenters. The van der Waals surface area contributed by atoms with Gasteiger partial charge in [0.25, 0.3) is 5.91 Å². The first-order chi connectivity index (χ1) is 9.40. The Morgan fingerprint density at radius 2 is 1.85 bits per heavy atom. The number of nitrogens with zero attached hydrogens (tertiary/aromatic N) is 1. The van der Waals surface area contributed by atoms with Crippen LogP contribution >= 0.6 is 15.9 Å². The second-order valence-corrected chi connectivity index (χ2v) is 6.02. The highest BCUT2D eigenvalue weighted by Crippen LogP contribution is 2.30. The quantitative estimate of drug-likeness (QED) is 0.775. The molecule has 112 valence electrons. The van der Waals surface area contributed by atoms with E-state index in [1.165, 1.54) is 0 Å². The Labute approximate surface area is 130 Å². The van der Waals surface area contributed by atoms with Crippen molar-refractivity contribution >= 4 is 21.8 Å². The number of carbonyl (C=O) groups is 1. The maximum absolute atomic E-state index is 12.2. The van der Waals surface area contributed by atoms with Crippen molar-refractivity contribution < 1.29 is 9.53 Å². The number of carbonyl (C=O) groups excluding carboxylic acids is 1. The average Bonchev–Trinajstić information content (AvgIpc) is 2.41. The van der Waals surface area contributed by atoms with Gasteiger partial charge in [-0.05, 0) is 50.5 Å². The molecule has 0 aliphatic heterocycles. The molecular weight excluding hydrogens is 318 g/mol. The standard InChI is InChI=1S/C16H24BrNO2/c1-6-18(7-2)16(19)12(5)20-15-9-8-13(17)10-14(15)11(3)4/h8-12H,6-7H2,1-5H3. The highest BCUT2D eigenvalue weighted by molar-refractivity contribution is 9.10. The fraction of sp³-hybridized carbons (Fsp3) is 0.562. The average molecular weight is 342 g/mol. The first-order valence-corrected chi connectivity index (χ1v) is 7.94. The number of amides is 1. The smallest absolute Gasteiger partial charge is 0.263 e. The molecule has 4 heteroatoms. The SMILES string of the molecule is CCN(CC)C(=O)C(C)Oc1ccc(Br)cc1C(C)C. The Morgan fingerprint density at radius 1 is 1.25 bits per heavy atom. The maximum Gasteiger partial charge on any atom is 0.263 e. The third-order valence-corrected chi connectivity index (χ3v) is 3.81. The van der Waals surface area contributed by atoms with Gasteiger partial charge in [-0.15, -0.1) is 0 Å². The van der Waals surface area contributed by atoms with Gasteiger partial charge in [0.15, 0.2) is 6.10 Å². The minimum atomic E-state index is -0.464. The predicted molar refractivity (Wildman–Crippen MR) is 86.2 cm³/mol. The van der Waals surface area contributed by atoms with E-state index in [-0.39, 0.29) is 5.91 Å². The molecule has 3 nitrogen and oxygen atoms in total. The van der Waals surface area contributed by atoms with Crippen molar-refractivity contribution in [3.8, 4) is 5.75 Å². The molecule has 1 atom stereocenters. The highest BCUT2D eigenvalue weighted by atomic mass is 79.9. The van der Waals surface area contributed by atoms with E-state index in [9.17, 15) is 4.79 Å². The van der Waals surface area contributed by atoms with Gasteiger partial charge >= 0.3 is 0 Å². The molecule has 0 spiro atoms. The van der Waals surface area contributed by atoms with Crippen LogP contribution < -0.4 is 4.74 Å². The largest absolute Gasteiger partial charge is 0.481 e. The number of benzene rings is 1. The second-order valence-electron chi connectivity index (χ2n) is 5.11. The molecule has 1 aromatic carbocycles. The lowest BCUT2D eigenvalue weighted by Crippen LogP contribution is -2.40. The Hall–Kier alpha value is -1.03. The van der Waals surface area contributed by atoms with Gasteiger partial charge in [0.2, 0.25) is 0 Å². The van der Waals surface area contributed by atoms with Crippen LogP contribution in [0.4, 0.5) is 0 Å². The molecule has 0 heterocycles. The van der Waals surface area contributed by atoms with Gasteiger partial charge in [-0.3, -0.25) is 4.79 Å². The van der Waals surface area contributed by atoms with Gasteiger partial charge in [0.05, 0.1) is 0 Å². The molecule has 0 aliphatic carbocycles. The Bertz CT molecular complexity index is 456. The van der Waals surface area contributed by atoms with E-state index >= 15 is 0 Å². The van der Waals surface area contributed by atoms with Gasteiger partial charge < -0.3 is 9.64 Å². The zero-order valence-electron chi connectivity index (χ0n) is 12.9. The zero-order valence-corrected chi connectivity index (χ0v) is 14.5. The fourth-order valence-electron chi connectivity index (χ4n) is 2.11. The van der Waals surface area contributed by atoms with Crippen molar-refractivity contribution in [1.29, 1.82) is 0 Å². The summed E-state index contributed by atoms with van der Waals surface area (Å²) in [6.07, 6.45) is -0.464. The molecule has 1 rings (SSSR count). The summed E-state index contributed by atoms with van der Waals surface area (Å²) in [4.78, 5) is 14.0. The van der Waals surface area contributed by atoms with E-state index in [1.54, 1.807) is 4.90 Å². The summed E-state index contributed by atoms with van der Waals surface area (Å²) in [5, 5.41) is 0. The molecule has 0 radical (unpaired) electrons. The van der Waals surface area contributed by atoms with Crippen molar-refractivity contribution in [1.82, 2.24) is 4.90 Å². The van der Waals surface area contributed by atoms with Crippen LogP contribution in [0.5, 0.6) is 5.75 Å². The highest BCUT2D eigenvalue weighted by Gasteiger charge is 2.21. The lowest BCUT2D eigenvalue weighted by atomic mass is 10.0. The van der Waals surface area contributed by atoms with Crippen molar-refractivity contribution in [3.63, 3.8) is 0 Å². The molecule has 0 fully saturated rings. The lowest BCUT2D eigenvalue weighted by molar-refractivity contribution is -0.137. The summed E-state index contributed by atoms with van der Waals surface area (Å²) in [5.41, 5.74) is 1.11. The van der Waals surface area contributed by atoms with Crippen LogP contribution in [0, 0.1) is 0 Å². The number of hydrogen-bond acceptors (Lipinski definition) is 2. The Morgan fingerprint density at radius 3 is 2.35 bits per heavy atom. The van der Waals surface area contributed by atoms with Crippen LogP contribution in [0.15, 0.2) is 22.7 Å². The molecule has 1 aromatic rings. The van der Waals surface area contributed by atoms with Gasteiger partial charge in [0, 0.05) is 17.6 Å². The molecule has 1 amide bonds. The zero-order chi connectivity index (χ0) is 15.3. The number of rotatable bonds is 6. The van der Waals surface area contributed by atoms with Gasteiger partial charge in [0.1, 0.15) is 5.75 Å². The van der Waals surface area contributed by atoms with Crippen LogP contribution in [0.3, 0.4) is 0 Å². The molecule has 0 saturated heterocycles. The molecule has 0 bridgehead atoms. The third kappa shape index (κ3) is 4.23. The van der Waals surface area contributed by atoms with Crippen LogP contribution in [-0.2, 0) is 4.79 Å². The van der Waals surface area contributed by atoms with E-state index in [0.29, 0.717) is 19.0 Å². The predicted octanol–water partition coefficient (Wildman–Crippen LogP) is 4.21. The van der Waals surface area contributed by atoms with Gasteiger partial charge in [-0.25, -0.2) is 0 Å². The van der Waals surface area contributed by atoms with Gasteiger partial charge in [-0.2, -0.15) is 0 Å². The van der Waals surface area contributed by atoms with E-state index in [0.717, 1.165) is 15.8 Å². The number of hydrogen-bond donors (Lipinski definition) is 0. The minimum absolute atomic E-state index is 0.0348. The van der Waals surface area contributed by atoms with Gasteiger partial charge in [-0.1, -0.05) is 29.8 Å². The number of ether oxygens (including phenoxy) is 1. The summed E-state index contributed by atoms with van der Waals surface area (Å²) < 4.78 is 6.92. The molecular formula is C16H24BrNO2. The topological polar surface area (TPSA) is 29.5 Å². The van der Waals surface area contributed by atoms with Crippen molar-refractivity contribution in [3.05, 3.63) is 28.2 Å². The molecule has 20 heavy (non-hydrogen) atoms. The number of likely N-dealkylation sites (N-methyl/N-ethyl adjacent to an activating group) is 1. The van der Waals surface area contributed by atoms with Crippen molar-refractivity contribution in [2.75, 3.05) is 13.1 Å². The first kappa shape index (κ1) is 17.0. The Kier molecular flexibility index (Phi) is 6.53. The summed E-state index contributed by atoms with van der Waals surface area (Å²) in [5.74, 6) is 1.17. The maximum atomic E-state index is 12.2. The first-order valence-electron chi connectivity index (χ1n) is 7.15. The monoisotopic (exact) mass is 341 g/mol. The summed E-state index contributed by atoms with van der Waals surface area (Å²) in [6, 6.07) is 5.91. The summed E-state index contributed by atoms with van der Waals surface area (Å²) >= 11 is 3.47. The molecule has 0 aliphatic rings. The third-order valence-electron chi connectivity index (χ3n) is 3.32. The van der Waals surface area contributed by atoms with Crippen molar-refractivity contribution in [2.24, 2.45) is 0 Å². The van der Waals surface area contributed by atoms with E-state index in [2.05, 4.69) is 35.8 Å². The van der Waals surface area contributed by atoms with Crippen molar-refractivity contribution in [2.45, 2.75) is 46.6 Å². The number of halogens is 1. The summed E-state index contributed by atoms with van der Waals surface area (Å²) in [7, 11) is 0. The van der Waals surface area contributed by atoms with E-state index in [1.807, 2.05) is 32.9 Å². The Balaban J connectivity index is 2.90. The second kappa shape index (κ2) is 7.67. The van der Waals surface area contributed by atoms with E-state index in [4.69, 9.17) is 4.74 Å². The lowest BCUT2D eigenvalue weighted by Gasteiger charge is -2.24. The molecule has 0 N–H and O–H groups in total. The van der Waals surface area contributed by atoms with Crippen LogP contribution in [0.25, 0.3) is 0 Å². The van der Waals surface area contributed by atoms with Crippen LogP contribution in [0.1, 0.15) is 46.1 Å². The van der Waals surface area contributed by atoms with Crippen LogP contribution in [-0.4, -0.2) is 30.0 Å². The summed E-state index contributed by atoms with van der Waals surface area (Å²) in [6.45, 7) is 11.4. The minimum Gasteiger partial charge on any atom is -0.481 e. The normalized spacial score (nSPS) is 12.3. The molecule has 0 aromatic heterocycles. The fourth-order valence-corrected chi connectivity index (χ4v) is 2.49. The van der Waals surface area contributed by atoms with Crippen LogP contribution in [0.2, 0.25) is 0 Å².